The van der Waals surface area contributed by atoms with Gasteiger partial charge >= 0.3 is 0 Å². The first kappa shape index (κ1) is 13.0. The maximum Gasteiger partial charge on any atom is 0.103 e. The van der Waals surface area contributed by atoms with Crippen molar-refractivity contribution in [3.05, 3.63) is 28.5 Å². The molecular weight excluding hydrogens is 284 g/mol. The van der Waals surface area contributed by atoms with Gasteiger partial charge in [0.15, 0.2) is 0 Å². The fourth-order valence-corrected chi connectivity index (χ4v) is 2.46. The molecule has 1 aliphatic rings. The predicted molar refractivity (Wildman–Crippen MR) is 68.4 cm³/mol. The Hall–Kier alpha value is -0.490. The lowest BCUT2D eigenvalue weighted by atomic mass is 9.74. The van der Waals surface area contributed by atoms with Crippen molar-refractivity contribution in [1.82, 2.24) is 4.98 Å². The molecule has 0 saturated carbocycles. The van der Waals surface area contributed by atoms with Gasteiger partial charge in [0, 0.05) is 35.8 Å². The Morgan fingerprint density at radius 3 is 2.71 bits per heavy atom. The number of ether oxygens (including phenoxy) is 1. The zero-order valence-corrected chi connectivity index (χ0v) is 11.2. The molecule has 0 amide bonds. The van der Waals surface area contributed by atoms with Gasteiger partial charge in [-0.25, -0.2) is 0 Å². The zero-order chi connectivity index (χ0) is 12.3. The Morgan fingerprint density at radius 1 is 1.47 bits per heavy atom. The number of pyridine rings is 1. The van der Waals surface area contributed by atoms with Gasteiger partial charge in [-0.1, -0.05) is 0 Å². The van der Waals surface area contributed by atoms with Crippen molar-refractivity contribution in [1.29, 1.82) is 0 Å². The molecule has 1 fully saturated rings. The molecule has 4 nitrogen and oxygen atoms in total. The van der Waals surface area contributed by atoms with E-state index in [2.05, 4.69) is 20.9 Å². The summed E-state index contributed by atoms with van der Waals surface area (Å²) in [6, 6.07) is 3.72. The highest BCUT2D eigenvalue weighted by Gasteiger charge is 2.39. The van der Waals surface area contributed by atoms with E-state index in [0.717, 1.165) is 17.3 Å². The molecule has 17 heavy (non-hydrogen) atoms. The zero-order valence-electron chi connectivity index (χ0n) is 9.60. The van der Waals surface area contributed by atoms with Crippen LogP contribution < -0.4 is 5.73 Å². The van der Waals surface area contributed by atoms with E-state index in [1.165, 1.54) is 0 Å². The quantitative estimate of drug-likeness (QED) is 0.890. The van der Waals surface area contributed by atoms with Crippen LogP contribution in [0.4, 0.5) is 0 Å². The highest BCUT2D eigenvalue weighted by Crippen LogP contribution is 2.41. The maximum atomic E-state index is 10.5. The minimum atomic E-state index is -0.621. The summed E-state index contributed by atoms with van der Waals surface area (Å²) in [4.78, 5) is 4.25. The lowest BCUT2D eigenvalue weighted by Crippen LogP contribution is -2.41. The van der Waals surface area contributed by atoms with Crippen LogP contribution in [0.1, 0.15) is 24.6 Å². The molecule has 1 aromatic heterocycles. The number of aliphatic hydroxyl groups is 1. The first-order chi connectivity index (χ1) is 8.18. The van der Waals surface area contributed by atoms with Crippen molar-refractivity contribution in [2.45, 2.75) is 18.9 Å². The minimum Gasteiger partial charge on any atom is -0.386 e. The van der Waals surface area contributed by atoms with E-state index in [0.29, 0.717) is 25.5 Å². The van der Waals surface area contributed by atoms with Gasteiger partial charge in [0.05, 0.1) is 5.69 Å². The molecule has 3 N–H and O–H groups in total. The van der Waals surface area contributed by atoms with Crippen molar-refractivity contribution < 1.29 is 9.84 Å². The highest BCUT2D eigenvalue weighted by atomic mass is 79.9. The van der Waals surface area contributed by atoms with Crippen LogP contribution in [0, 0.1) is 5.41 Å². The third-order valence-electron chi connectivity index (χ3n) is 3.51. The Labute approximate surface area is 109 Å². The summed E-state index contributed by atoms with van der Waals surface area (Å²) in [6.45, 7) is 1.77. The second-order valence-electron chi connectivity index (χ2n) is 4.48. The second kappa shape index (κ2) is 5.44. The number of hydrogen-bond donors (Lipinski definition) is 2. The molecule has 1 atom stereocenters. The van der Waals surface area contributed by atoms with Gasteiger partial charge in [0.25, 0.3) is 0 Å². The molecule has 1 aliphatic heterocycles. The number of halogens is 1. The summed E-state index contributed by atoms with van der Waals surface area (Å²) in [7, 11) is 0. The van der Waals surface area contributed by atoms with E-state index in [1.54, 1.807) is 6.20 Å². The standard InChI is InChI=1S/C12H17BrN2O2/c13-9-1-2-10(15-7-9)11(16)12(8-14)3-5-17-6-4-12/h1-2,7,11,16H,3-6,8,14H2. The van der Waals surface area contributed by atoms with Crippen molar-refractivity contribution in [3.63, 3.8) is 0 Å². The van der Waals surface area contributed by atoms with Crippen molar-refractivity contribution in [3.8, 4) is 0 Å². The van der Waals surface area contributed by atoms with E-state index in [1.807, 2.05) is 12.1 Å². The SMILES string of the molecule is NCC1(C(O)c2ccc(Br)cn2)CCOCC1. The molecule has 2 heterocycles. The van der Waals surface area contributed by atoms with Crippen LogP contribution in [0.25, 0.3) is 0 Å². The van der Waals surface area contributed by atoms with Crippen LogP contribution in [0.3, 0.4) is 0 Å². The van der Waals surface area contributed by atoms with Gasteiger partial charge in [-0.05, 0) is 40.9 Å². The van der Waals surface area contributed by atoms with Crippen molar-refractivity contribution in [2.75, 3.05) is 19.8 Å². The Morgan fingerprint density at radius 2 is 2.18 bits per heavy atom. The van der Waals surface area contributed by atoms with Crippen molar-refractivity contribution in [2.24, 2.45) is 11.1 Å². The van der Waals surface area contributed by atoms with Crippen molar-refractivity contribution >= 4 is 15.9 Å². The van der Waals surface area contributed by atoms with E-state index >= 15 is 0 Å². The monoisotopic (exact) mass is 300 g/mol. The summed E-state index contributed by atoms with van der Waals surface area (Å²) in [5, 5.41) is 10.5. The molecule has 1 unspecified atom stereocenters. The normalized spacial score (nSPS) is 21.1. The molecule has 94 valence electrons. The summed E-state index contributed by atoms with van der Waals surface area (Å²) in [5.41, 5.74) is 6.24. The fourth-order valence-electron chi connectivity index (χ4n) is 2.23. The first-order valence-electron chi connectivity index (χ1n) is 5.75. The molecule has 0 bridgehead atoms. The van der Waals surface area contributed by atoms with Gasteiger partial charge in [0.1, 0.15) is 6.10 Å². The molecule has 0 aromatic carbocycles. The number of aliphatic hydroxyl groups excluding tert-OH is 1. The summed E-state index contributed by atoms with van der Waals surface area (Å²) in [5.74, 6) is 0. The van der Waals surface area contributed by atoms with E-state index < -0.39 is 6.10 Å². The van der Waals surface area contributed by atoms with Gasteiger partial charge in [-0.15, -0.1) is 0 Å². The largest absolute Gasteiger partial charge is 0.386 e. The number of rotatable bonds is 3. The number of aromatic nitrogens is 1. The predicted octanol–water partition coefficient (Wildman–Crippen LogP) is 1.63. The smallest absolute Gasteiger partial charge is 0.103 e. The van der Waals surface area contributed by atoms with E-state index in [4.69, 9.17) is 10.5 Å². The number of hydrogen-bond acceptors (Lipinski definition) is 4. The molecule has 0 radical (unpaired) electrons. The molecule has 2 rings (SSSR count). The van der Waals surface area contributed by atoms with Gasteiger partial charge in [-0.3, -0.25) is 4.98 Å². The summed E-state index contributed by atoms with van der Waals surface area (Å²) < 4.78 is 6.24. The van der Waals surface area contributed by atoms with Crippen LogP contribution in [0.2, 0.25) is 0 Å². The lowest BCUT2D eigenvalue weighted by molar-refractivity contribution is -0.0597. The van der Waals surface area contributed by atoms with Gasteiger partial charge < -0.3 is 15.6 Å². The average Bonchev–Trinajstić information content (AvgIpc) is 2.39. The third-order valence-corrected chi connectivity index (χ3v) is 3.97. The van der Waals surface area contributed by atoms with E-state index in [-0.39, 0.29) is 5.41 Å². The summed E-state index contributed by atoms with van der Waals surface area (Å²) >= 11 is 3.33. The summed E-state index contributed by atoms with van der Waals surface area (Å²) in [6.07, 6.45) is 2.64. The van der Waals surface area contributed by atoms with Crippen LogP contribution in [0.5, 0.6) is 0 Å². The molecular formula is C12H17BrN2O2. The second-order valence-corrected chi connectivity index (χ2v) is 5.40. The van der Waals surface area contributed by atoms with Gasteiger partial charge in [0.2, 0.25) is 0 Å². The average molecular weight is 301 g/mol. The van der Waals surface area contributed by atoms with Crippen LogP contribution in [-0.4, -0.2) is 29.8 Å². The van der Waals surface area contributed by atoms with E-state index in [9.17, 15) is 5.11 Å². The minimum absolute atomic E-state index is 0.293. The Balaban J connectivity index is 2.21. The topological polar surface area (TPSA) is 68.4 Å². The first-order valence-corrected chi connectivity index (χ1v) is 6.54. The fraction of sp³-hybridized carbons (Fsp3) is 0.583. The van der Waals surface area contributed by atoms with Gasteiger partial charge in [-0.2, -0.15) is 0 Å². The Kier molecular flexibility index (Phi) is 4.14. The third kappa shape index (κ3) is 2.68. The molecule has 0 aliphatic carbocycles. The number of nitrogens with zero attached hydrogens (tertiary/aromatic N) is 1. The number of nitrogens with two attached hydrogens (primary N) is 1. The molecule has 1 aromatic rings. The molecule has 5 heteroatoms. The molecule has 1 saturated heterocycles. The molecule has 0 spiro atoms. The maximum absolute atomic E-state index is 10.5. The van der Waals surface area contributed by atoms with Crippen LogP contribution in [-0.2, 0) is 4.74 Å². The van der Waals surface area contributed by atoms with Crippen LogP contribution >= 0.6 is 15.9 Å². The highest BCUT2D eigenvalue weighted by molar-refractivity contribution is 9.10. The van der Waals surface area contributed by atoms with Crippen LogP contribution in [0.15, 0.2) is 22.8 Å². The Bertz CT molecular complexity index is 363. The lowest BCUT2D eigenvalue weighted by Gasteiger charge is -2.39.